The normalized spacial score (nSPS) is 24.9. The maximum atomic E-state index is 13.8. The summed E-state index contributed by atoms with van der Waals surface area (Å²) in [6, 6.07) is 5.45. The standard InChI is InChI=1S/C15H18FN3O2/c1-17-6-8-18(9-7-17)13-10-14(20)19(15(13)21)12-5-3-2-4-11(12)16/h2-5,13H,6-10H2,1H3. The number of benzene rings is 1. The highest BCUT2D eigenvalue weighted by Gasteiger charge is 2.43. The molecular weight excluding hydrogens is 273 g/mol. The van der Waals surface area contributed by atoms with Crippen LogP contribution in [0.4, 0.5) is 10.1 Å². The molecule has 0 aliphatic carbocycles. The number of halogens is 1. The molecule has 0 N–H and O–H groups in total. The van der Waals surface area contributed by atoms with Gasteiger partial charge in [0.1, 0.15) is 5.82 Å². The number of hydrogen-bond donors (Lipinski definition) is 0. The van der Waals surface area contributed by atoms with E-state index in [0.29, 0.717) is 0 Å². The van der Waals surface area contributed by atoms with Crippen LogP contribution in [0.15, 0.2) is 24.3 Å². The summed E-state index contributed by atoms with van der Waals surface area (Å²) in [4.78, 5) is 29.9. The Morgan fingerprint density at radius 2 is 1.76 bits per heavy atom. The Kier molecular flexibility index (Phi) is 3.73. The Hall–Kier alpha value is -1.79. The number of imide groups is 1. The Morgan fingerprint density at radius 1 is 1.10 bits per heavy atom. The minimum atomic E-state index is -0.543. The van der Waals surface area contributed by atoms with Crippen molar-refractivity contribution in [1.29, 1.82) is 0 Å². The van der Waals surface area contributed by atoms with Crippen LogP contribution in [-0.4, -0.2) is 60.9 Å². The van der Waals surface area contributed by atoms with Crippen LogP contribution in [0.5, 0.6) is 0 Å². The molecule has 1 aromatic carbocycles. The summed E-state index contributed by atoms with van der Waals surface area (Å²) in [5.74, 6) is -1.18. The summed E-state index contributed by atoms with van der Waals surface area (Å²) < 4.78 is 13.8. The van der Waals surface area contributed by atoms with Gasteiger partial charge in [-0.3, -0.25) is 14.5 Å². The number of rotatable bonds is 2. The Bertz CT molecular complexity index is 570. The monoisotopic (exact) mass is 291 g/mol. The molecule has 2 saturated heterocycles. The molecule has 0 radical (unpaired) electrons. The first-order valence-corrected chi connectivity index (χ1v) is 7.12. The van der Waals surface area contributed by atoms with Crippen molar-refractivity contribution >= 4 is 17.5 Å². The Morgan fingerprint density at radius 3 is 2.43 bits per heavy atom. The molecular formula is C15H18FN3O2. The number of amides is 2. The predicted molar refractivity (Wildman–Crippen MR) is 76.4 cm³/mol. The summed E-state index contributed by atoms with van der Waals surface area (Å²) in [7, 11) is 2.03. The quantitative estimate of drug-likeness (QED) is 0.753. The molecule has 21 heavy (non-hydrogen) atoms. The third-order valence-electron chi connectivity index (χ3n) is 4.19. The minimum absolute atomic E-state index is 0.0594. The van der Waals surface area contributed by atoms with Gasteiger partial charge in [0.25, 0.3) is 5.91 Å². The first-order chi connectivity index (χ1) is 10.1. The number of anilines is 1. The van der Waals surface area contributed by atoms with Gasteiger partial charge in [0.05, 0.1) is 18.2 Å². The molecule has 0 bridgehead atoms. The highest BCUT2D eigenvalue weighted by molar-refractivity contribution is 6.22. The zero-order valence-corrected chi connectivity index (χ0v) is 12.0. The lowest BCUT2D eigenvalue weighted by Gasteiger charge is -2.35. The van der Waals surface area contributed by atoms with E-state index >= 15 is 0 Å². The highest BCUT2D eigenvalue weighted by atomic mass is 19.1. The molecule has 6 heteroatoms. The molecule has 2 heterocycles. The van der Waals surface area contributed by atoms with Gasteiger partial charge in [0.2, 0.25) is 5.91 Å². The van der Waals surface area contributed by atoms with Crippen molar-refractivity contribution in [3.63, 3.8) is 0 Å². The molecule has 1 unspecified atom stereocenters. The van der Waals surface area contributed by atoms with Gasteiger partial charge in [0.15, 0.2) is 0 Å². The number of para-hydroxylation sites is 1. The van der Waals surface area contributed by atoms with Crippen LogP contribution in [-0.2, 0) is 9.59 Å². The fourth-order valence-electron chi connectivity index (χ4n) is 2.92. The maximum absolute atomic E-state index is 13.8. The first kappa shape index (κ1) is 14.2. The number of likely N-dealkylation sites (N-methyl/N-ethyl adjacent to an activating group) is 1. The SMILES string of the molecule is CN1CCN(C2CC(=O)N(c3ccccc3F)C2=O)CC1. The molecule has 1 atom stereocenters. The van der Waals surface area contributed by atoms with Gasteiger partial charge in [-0.05, 0) is 19.2 Å². The van der Waals surface area contributed by atoms with Gasteiger partial charge in [-0.15, -0.1) is 0 Å². The van der Waals surface area contributed by atoms with Crippen LogP contribution in [0.2, 0.25) is 0 Å². The number of carbonyl (C=O) groups is 2. The van der Waals surface area contributed by atoms with Crippen molar-refractivity contribution in [3.05, 3.63) is 30.1 Å². The second-order valence-corrected chi connectivity index (χ2v) is 5.58. The van der Waals surface area contributed by atoms with Crippen LogP contribution >= 0.6 is 0 Å². The predicted octanol–water partition coefficient (Wildman–Crippen LogP) is 0.705. The van der Waals surface area contributed by atoms with Crippen LogP contribution in [0.1, 0.15) is 6.42 Å². The molecule has 5 nitrogen and oxygen atoms in total. The van der Waals surface area contributed by atoms with E-state index in [-0.39, 0.29) is 23.9 Å². The van der Waals surface area contributed by atoms with Crippen molar-refractivity contribution in [1.82, 2.24) is 9.80 Å². The van der Waals surface area contributed by atoms with E-state index in [1.807, 2.05) is 11.9 Å². The average Bonchev–Trinajstić information content (AvgIpc) is 2.76. The zero-order chi connectivity index (χ0) is 15.0. The summed E-state index contributed by atoms with van der Waals surface area (Å²) in [6.45, 7) is 3.26. The number of nitrogens with zero attached hydrogens (tertiary/aromatic N) is 3. The van der Waals surface area contributed by atoms with Crippen LogP contribution in [0.3, 0.4) is 0 Å². The maximum Gasteiger partial charge on any atom is 0.251 e. The molecule has 2 fully saturated rings. The minimum Gasteiger partial charge on any atom is -0.304 e. The van der Waals surface area contributed by atoms with E-state index in [2.05, 4.69) is 4.90 Å². The third kappa shape index (κ3) is 2.56. The Labute approximate surface area is 122 Å². The smallest absolute Gasteiger partial charge is 0.251 e. The second kappa shape index (κ2) is 5.54. The zero-order valence-electron chi connectivity index (χ0n) is 12.0. The van der Waals surface area contributed by atoms with Crippen molar-refractivity contribution in [3.8, 4) is 0 Å². The number of piperazine rings is 1. The van der Waals surface area contributed by atoms with Gasteiger partial charge >= 0.3 is 0 Å². The fraction of sp³-hybridized carbons (Fsp3) is 0.467. The summed E-state index contributed by atoms with van der Waals surface area (Å²) >= 11 is 0. The molecule has 0 spiro atoms. The Balaban J connectivity index is 1.81. The fourth-order valence-corrected chi connectivity index (χ4v) is 2.92. The summed E-state index contributed by atoms with van der Waals surface area (Å²) in [6.07, 6.45) is 0.136. The average molecular weight is 291 g/mol. The number of hydrogen-bond acceptors (Lipinski definition) is 4. The van der Waals surface area contributed by atoms with Gasteiger partial charge in [0, 0.05) is 26.2 Å². The largest absolute Gasteiger partial charge is 0.304 e. The van der Waals surface area contributed by atoms with Crippen LogP contribution in [0, 0.1) is 5.82 Å². The van der Waals surface area contributed by atoms with Gasteiger partial charge < -0.3 is 4.90 Å². The van der Waals surface area contributed by atoms with E-state index < -0.39 is 11.9 Å². The van der Waals surface area contributed by atoms with Crippen molar-refractivity contribution in [2.24, 2.45) is 0 Å². The topological polar surface area (TPSA) is 43.9 Å². The lowest BCUT2D eigenvalue weighted by molar-refractivity contribution is -0.123. The molecule has 0 saturated carbocycles. The lowest BCUT2D eigenvalue weighted by Crippen LogP contribution is -2.51. The van der Waals surface area contributed by atoms with Crippen molar-refractivity contribution in [2.45, 2.75) is 12.5 Å². The first-order valence-electron chi connectivity index (χ1n) is 7.12. The van der Waals surface area contributed by atoms with Gasteiger partial charge in [-0.1, -0.05) is 12.1 Å². The van der Waals surface area contributed by atoms with Gasteiger partial charge in [-0.2, -0.15) is 0 Å². The van der Waals surface area contributed by atoms with E-state index in [9.17, 15) is 14.0 Å². The van der Waals surface area contributed by atoms with Crippen molar-refractivity contribution in [2.75, 3.05) is 38.1 Å². The lowest BCUT2D eigenvalue weighted by atomic mass is 10.2. The highest BCUT2D eigenvalue weighted by Crippen LogP contribution is 2.28. The molecule has 112 valence electrons. The van der Waals surface area contributed by atoms with E-state index in [1.165, 1.54) is 12.1 Å². The molecule has 2 aliphatic rings. The second-order valence-electron chi connectivity index (χ2n) is 5.58. The summed E-state index contributed by atoms with van der Waals surface area (Å²) in [5, 5.41) is 0. The molecule has 0 aromatic heterocycles. The van der Waals surface area contributed by atoms with E-state index in [4.69, 9.17) is 0 Å². The van der Waals surface area contributed by atoms with Crippen molar-refractivity contribution < 1.29 is 14.0 Å². The number of carbonyl (C=O) groups excluding carboxylic acids is 2. The third-order valence-corrected chi connectivity index (χ3v) is 4.19. The molecule has 2 amide bonds. The van der Waals surface area contributed by atoms with Crippen LogP contribution < -0.4 is 4.90 Å². The molecule has 3 rings (SSSR count). The molecule has 2 aliphatic heterocycles. The van der Waals surface area contributed by atoms with E-state index in [1.54, 1.807) is 12.1 Å². The van der Waals surface area contributed by atoms with Gasteiger partial charge in [-0.25, -0.2) is 9.29 Å². The molecule has 1 aromatic rings. The van der Waals surface area contributed by atoms with E-state index in [0.717, 1.165) is 31.1 Å². The van der Waals surface area contributed by atoms with Crippen LogP contribution in [0.25, 0.3) is 0 Å². The summed E-state index contributed by atoms with van der Waals surface area (Å²) in [5.41, 5.74) is 0.0594.